The van der Waals surface area contributed by atoms with Gasteiger partial charge in [0, 0.05) is 29.3 Å². The number of likely N-dealkylation sites (tertiary alicyclic amines) is 1. The van der Waals surface area contributed by atoms with E-state index in [4.69, 9.17) is 16.3 Å². The number of hydrogen-bond donors (Lipinski definition) is 1. The summed E-state index contributed by atoms with van der Waals surface area (Å²) >= 11 is 5.67. The Bertz CT molecular complexity index is 1150. The summed E-state index contributed by atoms with van der Waals surface area (Å²) in [6.07, 6.45) is -0.576. The number of pyridine rings is 1. The highest BCUT2D eigenvalue weighted by Gasteiger charge is 2.56. The van der Waals surface area contributed by atoms with Crippen LogP contribution in [-0.2, 0) is 9.53 Å². The molecule has 1 aliphatic carbocycles. The quantitative estimate of drug-likeness (QED) is 0.483. The first-order valence-electron chi connectivity index (χ1n) is 10.8. The molecule has 11 heteroatoms. The van der Waals surface area contributed by atoms with Crippen molar-refractivity contribution >= 4 is 23.4 Å². The van der Waals surface area contributed by atoms with Gasteiger partial charge in [-0.2, -0.15) is 0 Å². The van der Waals surface area contributed by atoms with Gasteiger partial charge in [0.15, 0.2) is 0 Å². The van der Waals surface area contributed by atoms with Crippen molar-refractivity contribution in [2.75, 3.05) is 13.2 Å². The molecule has 1 N–H and O–H groups in total. The number of amides is 2. The van der Waals surface area contributed by atoms with E-state index in [0.717, 1.165) is 30.8 Å². The molecule has 2 aromatic rings. The number of ether oxygens (including phenoxy) is 1. The number of alkyl halides is 2. The van der Waals surface area contributed by atoms with E-state index in [-0.39, 0.29) is 47.2 Å². The lowest BCUT2D eigenvalue weighted by molar-refractivity contribution is -0.128. The molecule has 0 radical (unpaired) electrons. The molecule has 3 heterocycles. The van der Waals surface area contributed by atoms with E-state index in [2.05, 4.69) is 10.3 Å². The van der Waals surface area contributed by atoms with Gasteiger partial charge in [0.25, 0.3) is 12.3 Å². The molecule has 180 valence electrons. The molecule has 0 unspecified atom stereocenters. The van der Waals surface area contributed by atoms with Crippen LogP contribution < -0.4 is 5.32 Å². The number of piperidine rings is 1. The zero-order chi connectivity index (χ0) is 24.1. The van der Waals surface area contributed by atoms with Crippen LogP contribution in [0.1, 0.15) is 46.9 Å². The molecule has 0 bridgehead atoms. The maximum absolute atomic E-state index is 14.7. The van der Waals surface area contributed by atoms with E-state index in [1.807, 2.05) is 0 Å². The normalized spacial score (nSPS) is 24.5. The number of rotatable bonds is 6. The highest BCUT2D eigenvalue weighted by Crippen LogP contribution is 2.48. The number of halogens is 5. The molecular formula is C23H20ClF4N3O3. The van der Waals surface area contributed by atoms with E-state index in [1.54, 1.807) is 0 Å². The first kappa shape index (κ1) is 23.0. The molecule has 6 nitrogen and oxygen atoms in total. The van der Waals surface area contributed by atoms with Gasteiger partial charge in [-0.25, -0.2) is 17.6 Å². The van der Waals surface area contributed by atoms with Crippen molar-refractivity contribution in [1.29, 1.82) is 0 Å². The maximum atomic E-state index is 14.7. The molecule has 2 saturated heterocycles. The van der Waals surface area contributed by atoms with Gasteiger partial charge in [-0.3, -0.25) is 14.6 Å². The van der Waals surface area contributed by atoms with E-state index in [9.17, 15) is 27.2 Å². The molecule has 3 fully saturated rings. The second kappa shape index (κ2) is 8.81. The number of carbonyl (C=O) groups is 2. The molecule has 5 rings (SSSR count). The number of benzene rings is 1. The molecule has 0 spiro atoms. The SMILES string of the molecule is O=C(N[C@@H](c1cc(F)c(Cl)cc1F)C1COC1)[C@H]1C[C@H]2C[C@H]2N1C(=O)c1ccnc(C(F)F)c1. The maximum Gasteiger partial charge on any atom is 0.280 e. The van der Waals surface area contributed by atoms with Crippen LogP contribution in [0, 0.1) is 23.5 Å². The minimum atomic E-state index is -2.83. The fraction of sp³-hybridized carbons (Fsp3) is 0.435. The molecule has 3 aliphatic rings. The molecule has 2 aliphatic heterocycles. The van der Waals surface area contributed by atoms with E-state index in [0.29, 0.717) is 6.42 Å². The van der Waals surface area contributed by atoms with Crippen LogP contribution in [0.3, 0.4) is 0 Å². The van der Waals surface area contributed by atoms with Gasteiger partial charge < -0.3 is 15.0 Å². The number of nitrogens with zero attached hydrogens (tertiary/aromatic N) is 2. The monoisotopic (exact) mass is 497 g/mol. The van der Waals surface area contributed by atoms with E-state index < -0.39 is 47.7 Å². The van der Waals surface area contributed by atoms with Gasteiger partial charge in [0.05, 0.1) is 24.3 Å². The van der Waals surface area contributed by atoms with Gasteiger partial charge in [0.2, 0.25) is 5.91 Å². The Morgan fingerprint density at radius 2 is 1.91 bits per heavy atom. The van der Waals surface area contributed by atoms with Crippen molar-refractivity contribution < 1.29 is 31.9 Å². The van der Waals surface area contributed by atoms with Crippen molar-refractivity contribution in [1.82, 2.24) is 15.2 Å². The molecule has 1 aromatic heterocycles. The molecule has 1 aromatic carbocycles. The third-order valence-electron chi connectivity index (χ3n) is 6.70. The molecule has 4 atom stereocenters. The lowest BCUT2D eigenvalue weighted by Gasteiger charge is -2.36. The Kier molecular flexibility index (Phi) is 5.97. The minimum absolute atomic E-state index is 0.0189. The van der Waals surface area contributed by atoms with Crippen molar-refractivity contribution in [2.24, 2.45) is 11.8 Å². The van der Waals surface area contributed by atoms with Crippen LogP contribution in [0.4, 0.5) is 17.6 Å². The van der Waals surface area contributed by atoms with Gasteiger partial charge in [-0.1, -0.05) is 11.6 Å². The average molecular weight is 498 g/mol. The van der Waals surface area contributed by atoms with E-state index >= 15 is 0 Å². The Hall–Kier alpha value is -2.72. The molecule has 2 amide bonds. The summed E-state index contributed by atoms with van der Waals surface area (Å²) in [6.45, 7) is 0.501. The summed E-state index contributed by atoms with van der Waals surface area (Å²) in [5.74, 6) is -2.79. The summed E-state index contributed by atoms with van der Waals surface area (Å²) in [6, 6.07) is 2.27. The lowest BCUT2D eigenvalue weighted by atomic mass is 9.90. The van der Waals surface area contributed by atoms with Crippen LogP contribution in [0.25, 0.3) is 0 Å². The third-order valence-corrected chi connectivity index (χ3v) is 6.99. The second-order valence-corrected chi connectivity index (χ2v) is 9.28. The predicted molar refractivity (Wildman–Crippen MR) is 112 cm³/mol. The van der Waals surface area contributed by atoms with Crippen molar-refractivity contribution in [3.8, 4) is 0 Å². The van der Waals surface area contributed by atoms with Gasteiger partial charge in [-0.05, 0) is 43.0 Å². The Morgan fingerprint density at radius 3 is 2.59 bits per heavy atom. The highest BCUT2D eigenvalue weighted by atomic mass is 35.5. The second-order valence-electron chi connectivity index (χ2n) is 8.87. The highest BCUT2D eigenvalue weighted by molar-refractivity contribution is 6.30. The predicted octanol–water partition coefficient (Wildman–Crippen LogP) is 4.06. The smallest absolute Gasteiger partial charge is 0.280 e. The zero-order valence-corrected chi connectivity index (χ0v) is 18.4. The summed E-state index contributed by atoms with van der Waals surface area (Å²) in [5.41, 5.74) is -0.561. The standard InChI is InChI=1S/C23H20ClF4N3O3/c24-14-7-15(25)13(6-16(14)26)20(12-8-34-9-12)30-22(32)19-5-11-4-18(11)31(19)23(33)10-1-2-29-17(3-10)21(27)28/h1-3,6-7,11-12,18-21H,4-5,8-9H2,(H,30,32)/t11-,18-,19-,20-/m1/s1. The Balaban J connectivity index is 1.39. The number of nitrogens with one attached hydrogen (secondary N) is 1. The lowest BCUT2D eigenvalue weighted by Crippen LogP contribution is -2.51. The van der Waals surface area contributed by atoms with Crippen LogP contribution in [0.2, 0.25) is 5.02 Å². The number of aromatic nitrogens is 1. The zero-order valence-electron chi connectivity index (χ0n) is 17.7. The fourth-order valence-corrected chi connectivity index (χ4v) is 4.90. The van der Waals surface area contributed by atoms with Crippen LogP contribution in [0.15, 0.2) is 30.5 Å². The van der Waals surface area contributed by atoms with E-state index in [1.165, 1.54) is 11.0 Å². The van der Waals surface area contributed by atoms with Gasteiger partial charge >= 0.3 is 0 Å². The number of hydrogen-bond acceptors (Lipinski definition) is 4. The largest absolute Gasteiger partial charge is 0.381 e. The number of fused-ring (bicyclic) bond motifs is 1. The topological polar surface area (TPSA) is 71.5 Å². The first-order valence-corrected chi connectivity index (χ1v) is 11.2. The van der Waals surface area contributed by atoms with Gasteiger partial charge in [0.1, 0.15) is 23.4 Å². The summed E-state index contributed by atoms with van der Waals surface area (Å²) in [5, 5.41) is 2.41. The number of carbonyl (C=O) groups excluding carboxylic acids is 2. The minimum Gasteiger partial charge on any atom is -0.381 e. The summed E-state index contributed by atoms with van der Waals surface area (Å²) in [7, 11) is 0. The summed E-state index contributed by atoms with van der Waals surface area (Å²) < 4.78 is 60.0. The molecule has 34 heavy (non-hydrogen) atoms. The van der Waals surface area contributed by atoms with Crippen LogP contribution in [-0.4, -0.2) is 47.0 Å². The third kappa shape index (κ3) is 4.13. The first-order chi connectivity index (χ1) is 16.2. The Morgan fingerprint density at radius 1 is 1.15 bits per heavy atom. The fourth-order valence-electron chi connectivity index (χ4n) is 4.75. The Labute approximate surface area is 197 Å². The molecular weight excluding hydrogens is 478 g/mol. The molecule has 1 saturated carbocycles. The van der Waals surface area contributed by atoms with Crippen molar-refractivity contribution in [3.05, 3.63) is 63.9 Å². The van der Waals surface area contributed by atoms with Crippen LogP contribution >= 0.6 is 11.6 Å². The van der Waals surface area contributed by atoms with Crippen molar-refractivity contribution in [3.63, 3.8) is 0 Å². The van der Waals surface area contributed by atoms with Crippen molar-refractivity contribution in [2.45, 2.75) is 37.4 Å². The average Bonchev–Trinajstić information content (AvgIpc) is 3.43. The van der Waals surface area contributed by atoms with Gasteiger partial charge in [-0.15, -0.1) is 0 Å². The van der Waals surface area contributed by atoms with Crippen LogP contribution in [0.5, 0.6) is 0 Å². The summed E-state index contributed by atoms with van der Waals surface area (Å²) in [4.78, 5) is 31.5.